The highest BCUT2D eigenvalue weighted by molar-refractivity contribution is 8.00. The first kappa shape index (κ1) is 31.2. The molecule has 0 radical (unpaired) electrons. The van der Waals surface area contributed by atoms with E-state index in [4.69, 9.17) is 52.1 Å². The van der Waals surface area contributed by atoms with E-state index in [1.54, 1.807) is 36.4 Å². The Balaban J connectivity index is 1.54. The van der Waals surface area contributed by atoms with Gasteiger partial charge in [0.25, 0.3) is 5.91 Å². The van der Waals surface area contributed by atoms with Crippen LogP contribution in [0.4, 0.5) is 11.4 Å². The summed E-state index contributed by atoms with van der Waals surface area (Å²) in [6, 6.07) is 21.9. The van der Waals surface area contributed by atoms with Crippen LogP contribution in [0.2, 0.25) is 20.1 Å². The summed E-state index contributed by atoms with van der Waals surface area (Å²) in [5.41, 5.74) is 6.14. The normalized spacial score (nSPS) is 11.4. The highest BCUT2D eigenvalue weighted by Gasteiger charge is 2.29. The fraction of sp³-hybridized carbons (Fsp3) is 0.0345. The van der Waals surface area contributed by atoms with Crippen LogP contribution in [0.25, 0.3) is 0 Å². The lowest BCUT2D eigenvalue weighted by atomic mass is 10.1. The standard InChI is InChI=1S/C29H19Cl4N3O5S/c30-21-19(20(29(40)41)22(31)24(33)23(21)32)27(38)35-17-10-12-18(13-11-17)42-25(14-4-2-1-3-5-14)28(39)36-16-8-6-15(7-9-16)26(34)37/h1-13,25H,(H2,34,37)(H,35,38)(H,36,39)(H,40,41). The molecule has 0 aromatic heterocycles. The van der Waals surface area contributed by atoms with Crippen LogP contribution in [-0.4, -0.2) is 28.8 Å². The Labute approximate surface area is 264 Å². The predicted octanol–water partition coefficient (Wildman–Crippen LogP) is 7.82. The van der Waals surface area contributed by atoms with Crippen LogP contribution in [0.15, 0.2) is 83.8 Å². The average molecular weight is 663 g/mol. The van der Waals surface area contributed by atoms with Gasteiger partial charge in [0.1, 0.15) is 5.25 Å². The minimum atomic E-state index is -1.51. The molecule has 0 aliphatic heterocycles. The van der Waals surface area contributed by atoms with E-state index in [-0.39, 0.29) is 21.0 Å². The van der Waals surface area contributed by atoms with Gasteiger partial charge in [0.2, 0.25) is 11.8 Å². The quantitative estimate of drug-likeness (QED) is 0.0819. The zero-order chi connectivity index (χ0) is 30.6. The number of aromatic carboxylic acids is 1. The lowest BCUT2D eigenvalue weighted by Gasteiger charge is -2.18. The number of halogens is 4. The number of amides is 3. The molecule has 214 valence electrons. The van der Waals surface area contributed by atoms with Gasteiger partial charge in [-0.25, -0.2) is 4.79 Å². The molecule has 0 aliphatic carbocycles. The number of primary amides is 1. The number of hydrogen-bond donors (Lipinski definition) is 4. The summed E-state index contributed by atoms with van der Waals surface area (Å²) in [5, 5.41) is 13.1. The molecule has 4 aromatic rings. The Bertz CT molecular complexity index is 1690. The molecular formula is C29H19Cl4N3O5S. The van der Waals surface area contributed by atoms with Crippen LogP contribution in [-0.2, 0) is 4.79 Å². The van der Waals surface area contributed by atoms with E-state index in [2.05, 4.69) is 10.6 Å². The molecule has 0 saturated carbocycles. The van der Waals surface area contributed by atoms with Gasteiger partial charge in [-0.3, -0.25) is 14.4 Å². The lowest BCUT2D eigenvalue weighted by Crippen LogP contribution is -2.19. The van der Waals surface area contributed by atoms with Crippen molar-refractivity contribution in [3.63, 3.8) is 0 Å². The minimum Gasteiger partial charge on any atom is -0.478 e. The number of rotatable bonds is 9. The molecule has 13 heteroatoms. The van der Waals surface area contributed by atoms with E-state index in [1.807, 2.05) is 30.3 Å². The first-order valence-electron chi connectivity index (χ1n) is 11.9. The van der Waals surface area contributed by atoms with Crippen molar-refractivity contribution < 1.29 is 24.3 Å². The van der Waals surface area contributed by atoms with Gasteiger partial charge < -0.3 is 21.5 Å². The van der Waals surface area contributed by atoms with Crippen molar-refractivity contribution in [2.75, 3.05) is 10.6 Å². The number of hydrogen-bond acceptors (Lipinski definition) is 5. The van der Waals surface area contributed by atoms with E-state index in [1.165, 1.54) is 23.9 Å². The summed E-state index contributed by atoms with van der Waals surface area (Å²) in [6.07, 6.45) is 0. The van der Waals surface area contributed by atoms with Gasteiger partial charge in [-0.05, 0) is 54.1 Å². The van der Waals surface area contributed by atoms with Gasteiger partial charge in [-0.1, -0.05) is 76.7 Å². The summed E-state index contributed by atoms with van der Waals surface area (Å²) < 4.78 is 0. The first-order chi connectivity index (χ1) is 20.0. The van der Waals surface area contributed by atoms with E-state index in [0.29, 0.717) is 21.8 Å². The molecule has 0 fully saturated rings. The van der Waals surface area contributed by atoms with E-state index >= 15 is 0 Å². The molecule has 1 atom stereocenters. The minimum absolute atomic E-state index is 0.251. The maximum Gasteiger partial charge on any atom is 0.338 e. The Morgan fingerprint density at radius 2 is 1.21 bits per heavy atom. The van der Waals surface area contributed by atoms with Crippen LogP contribution in [0, 0.1) is 0 Å². The van der Waals surface area contributed by atoms with Crippen molar-refractivity contribution in [3.05, 3.63) is 121 Å². The monoisotopic (exact) mass is 661 g/mol. The zero-order valence-electron chi connectivity index (χ0n) is 21.2. The highest BCUT2D eigenvalue weighted by atomic mass is 35.5. The molecule has 0 aliphatic rings. The van der Waals surface area contributed by atoms with Gasteiger partial charge in [0.15, 0.2) is 0 Å². The zero-order valence-corrected chi connectivity index (χ0v) is 25.0. The molecule has 0 heterocycles. The smallest absolute Gasteiger partial charge is 0.338 e. The number of carboxylic acid groups (broad SMARTS) is 1. The van der Waals surface area contributed by atoms with Crippen LogP contribution in [0.5, 0.6) is 0 Å². The molecule has 1 unspecified atom stereocenters. The summed E-state index contributed by atoms with van der Waals surface area (Å²) >= 11 is 25.5. The van der Waals surface area contributed by atoms with Crippen molar-refractivity contribution in [1.29, 1.82) is 0 Å². The van der Waals surface area contributed by atoms with Gasteiger partial charge in [-0.15, -0.1) is 11.8 Å². The largest absolute Gasteiger partial charge is 0.478 e. The molecular weight excluding hydrogens is 644 g/mol. The second kappa shape index (κ2) is 13.5. The number of benzene rings is 4. The van der Waals surface area contributed by atoms with Crippen LogP contribution in [0.3, 0.4) is 0 Å². The third-order valence-corrected chi connectivity index (χ3v) is 8.92. The van der Waals surface area contributed by atoms with E-state index < -0.39 is 39.2 Å². The molecule has 8 nitrogen and oxygen atoms in total. The second-order valence-electron chi connectivity index (χ2n) is 8.63. The van der Waals surface area contributed by atoms with Gasteiger partial charge in [-0.2, -0.15) is 0 Å². The third-order valence-electron chi connectivity index (χ3n) is 5.85. The number of carbonyl (C=O) groups excluding carboxylic acids is 3. The predicted molar refractivity (Wildman–Crippen MR) is 166 cm³/mol. The summed E-state index contributed by atoms with van der Waals surface area (Å²) in [4.78, 5) is 50.2. The lowest BCUT2D eigenvalue weighted by molar-refractivity contribution is -0.115. The SMILES string of the molecule is NC(=O)c1ccc(NC(=O)C(Sc2ccc(NC(=O)c3c(Cl)c(Cl)c(Cl)c(Cl)c3C(=O)O)cc2)c2ccccc2)cc1. The number of nitrogens with one attached hydrogen (secondary N) is 2. The fourth-order valence-electron chi connectivity index (χ4n) is 3.82. The maximum absolute atomic E-state index is 13.3. The number of nitrogens with two attached hydrogens (primary N) is 1. The Kier molecular flexibility index (Phi) is 10.0. The van der Waals surface area contributed by atoms with Gasteiger partial charge in [0.05, 0.1) is 31.2 Å². The van der Waals surface area contributed by atoms with Crippen molar-refractivity contribution >= 4 is 93.2 Å². The van der Waals surface area contributed by atoms with E-state index in [0.717, 1.165) is 5.56 Å². The van der Waals surface area contributed by atoms with E-state index in [9.17, 15) is 24.3 Å². The van der Waals surface area contributed by atoms with Crippen LogP contribution >= 0.6 is 58.2 Å². The Morgan fingerprint density at radius 1 is 0.690 bits per heavy atom. The fourth-order valence-corrected chi connectivity index (χ4v) is 5.86. The Hall–Kier alpha value is -3.73. The van der Waals surface area contributed by atoms with Gasteiger partial charge >= 0.3 is 5.97 Å². The highest BCUT2D eigenvalue weighted by Crippen LogP contribution is 2.42. The molecule has 3 amide bonds. The summed E-state index contributed by atoms with van der Waals surface area (Å²) in [5.74, 6) is -3.24. The molecule has 42 heavy (non-hydrogen) atoms. The first-order valence-corrected chi connectivity index (χ1v) is 14.3. The topological polar surface area (TPSA) is 139 Å². The summed E-state index contributed by atoms with van der Waals surface area (Å²) in [7, 11) is 0. The molecule has 4 rings (SSSR count). The molecule has 0 spiro atoms. The molecule has 5 N–H and O–H groups in total. The van der Waals surface area contributed by atoms with Crippen LogP contribution < -0.4 is 16.4 Å². The number of carboxylic acids is 1. The van der Waals surface area contributed by atoms with Crippen molar-refractivity contribution in [3.8, 4) is 0 Å². The van der Waals surface area contributed by atoms with Crippen molar-refractivity contribution in [2.24, 2.45) is 5.73 Å². The molecule has 0 saturated heterocycles. The maximum atomic E-state index is 13.3. The number of thioether (sulfide) groups is 1. The second-order valence-corrected chi connectivity index (χ2v) is 11.3. The molecule has 4 aromatic carbocycles. The average Bonchev–Trinajstić information content (AvgIpc) is 2.97. The van der Waals surface area contributed by atoms with Crippen LogP contribution in [0.1, 0.15) is 41.9 Å². The molecule has 0 bridgehead atoms. The Morgan fingerprint density at radius 3 is 1.76 bits per heavy atom. The number of carbonyl (C=O) groups is 4. The van der Waals surface area contributed by atoms with Crippen molar-refractivity contribution in [2.45, 2.75) is 10.1 Å². The van der Waals surface area contributed by atoms with Gasteiger partial charge in [0, 0.05) is 21.8 Å². The third kappa shape index (κ3) is 7.00. The summed E-state index contributed by atoms with van der Waals surface area (Å²) in [6.45, 7) is 0. The van der Waals surface area contributed by atoms with Crippen molar-refractivity contribution in [1.82, 2.24) is 0 Å². The number of anilines is 2.